The van der Waals surface area contributed by atoms with Gasteiger partial charge in [0.25, 0.3) is 0 Å². The quantitative estimate of drug-likeness (QED) is 0.179. The van der Waals surface area contributed by atoms with E-state index in [4.69, 9.17) is 25.4 Å². The van der Waals surface area contributed by atoms with Crippen LogP contribution in [0.25, 0.3) is 88.6 Å². The Morgan fingerprint density at radius 1 is 0.571 bits per heavy atom. The second-order valence-electron chi connectivity index (χ2n) is 11.6. The molecule has 0 radical (unpaired) electrons. The Hall–Kier alpha value is -7.47. The van der Waals surface area contributed by atoms with Crippen LogP contribution in [0.3, 0.4) is 0 Å². The summed E-state index contributed by atoms with van der Waals surface area (Å²) in [7, 11) is 0. The van der Waals surface area contributed by atoms with Crippen LogP contribution in [-0.2, 0) is 0 Å². The monoisotopic (exact) mass is 628 g/mol. The van der Waals surface area contributed by atoms with Crippen LogP contribution in [0, 0.1) is 29.2 Å². The first-order valence-electron chi connectivity index (χ1n) is 15.4. The summed E-state index contributed by atoms with van der Waals surface area (Å²) >= 11 is 0. The molecule has 9 rings (SSSR count). The number of benzene rings is 6. The molecule has 0 saturated heterocycles. The van der Waals surface area contributed by atoms with E-state index in [9.17, 15) is 10.5 Å². The van der Waals surface area contributed by atoms with Gasteiger partial charge in [-0.25, -0.2) is 14.8 Å². The topological polar surface area (TPSA) is 109 Å². The van der Waals surface area contributed by atoms with Crippen molar-refractivity contribution in [3.8, 4) is 51.9 Å². The molecule has 0 unspecified atom stereocenters. The summed E-state index contributed by atoms with van der Waals surface area (Å²) in [6.45, 7) is 7.37. The van der Waals surface area contributed by atoms with Crippen LogP contribution in [0.2, 0.25) is 0 Å². The molecule has 49 heavy (non-hydrogen) atoms. The van der Waals surface area contributed by atoms with E-state index in [1.165, 1.54) is 0 Å². The highest BCUT2D eigenvalue weighted by molar-refractivity contribution is 6.11. The molecule has 3 aromatic heterocycles. The average Bonchev–Trinajstić information content (AvgIpc) is 3.87. The van der Waals surface area contributed by atoms with Crippen molar-refractivity contribution in [1.82, 2.24) is 14.5 Å². The standard InChI is InChI=1S/C41H20N6O2/c1-44-30-12-16-39-35(21-30)46-41(49-39)29-11-14-37-33(20-29)32-19-28(40-45-34-17-25(23-43)7-15-38(34)48-40)10-13-36(32)47(37)31-4-2-3-27(18-31)26-8-5-24(22-42)6-9-26/h2-21H. The van der Waals surface area contributed by atoms with Gasteiger partial charge in [-0.1, -0.05) is 30.3 Å². The van der Waals surface area contributed by atoms with E-state index in [0.29, 0.717) is 50.8 Å². The lowest BCUT2D eigenvalue weighted by molar-refractivity contribution is 0.619. The van der Waals surface area contributed by atoms with Crippen molar-refractivity contribution < 1.29 is 8.83 Å². The molecule has 0 N–H and O–H groups in total. The summed E-state index contributed by atoms with van der Waals surface area (Å²) in [5.74, 6) is 0.924. The predicted molar refractivity (Wildman–Crippen MR) is 188 cm³/mol. The van der Waals surface area contributed by atoms with E-state index >= 15 is 0 Å². The first kappa shape index (κ1) is 27.8. The zero-order chi connectivity index (χ0) is 33.1. The smallest absolute Gasteiger partial charge is 0.227 e. The van der Waals surface area contributed by atoms with Crippen LogP contribution in [-0.4, -0.2) is 14.5 Å². The molecule has 226 valence electrons. The third-order valence-electron chi connectivity index (χ3n) is 8.73. The first-order valence-corrected chi connectivity index (χ1v) is 15.4. The van der Waals surface area contributed by atoms with Crippen molar-refractivity contribution in [1.29, 1.82) is 10.5 Å². The van der Waals surface area contributed by atoms with Crippen molar-refractivity contribution in [3.63, 3.8) is 0 Å². The largest absolute Gasteiger partial charge is 0.436 e. The average molecular weight is 629 g/mol. The minimum atomic E-state index is 0.460. The summed E-state index contributed by atoms with van der Waals surface area (Å²) in [6, 6.07) is 43.0. The zero-order valence-corrected chi connectivity index (χ0v) is 25.5. The van der Waals surface area contributed by atoms with E-state index in [0.717, 1.165) is 49.7 Å². The summed E-state index contributed by atoms with van der Waals surface area (Å²) in [5.41, 5.74) is 10.7. The van der Waals surface area contributed by atoms with Crippen LogP contribution in [0.1, 0.15) is 11.1 Å². The van der Waals surface area contributed by atoms with Crippen LogP contribution in [0.4, 0.5) is 5.69 Å². The number of aromatic nitrogens is 3. The minimum Gasteiger partial charge on any atom is -0.436 e. The van der Waals surface area contributed by atoms with Gasteiger partial charge in [0, 0.05) is 27.6 Å². The number of hydrogen-bond acceptors (Lipinski definition) is 6. The van der Waals surface area contributed by atoms with E-state index < -0.39 is 0 Å². The van der Waals surface area contributed by atoms with Crippen molar-refractivity contribution in [2.24, 2.45) is 0 Å². The van der Waals surface area contributed by atoms with E-state index in [-0.39, 0.29) is 0 Å². The van der Waals surface area contributed by atoms with Crippen LogP contribution < -0.4 is 0 Å². The number of nitriles is 2. The normalized spacial score (nSPS) is 11.2. The highest BCUT2D eigenvalue weighted by Crippen LogP contribution is 2.39. The third kappa shape index (κ3) is 4.59. The van der Waals surface area contributed by atoms with Crippen LogP contribution in [0.5, 0.6) is 0 Å². The van der Waals surface area contributed by atoms with Crippen molar-refractivity contribution in [3.05, 3.63) is 144 Å². The van der Waals surface area contributed by atoms with Gasteiger partial charge in [0.2, 0.25) is 11.8 Å². The summed E-state index contributed by atoms with van der Waals surface area (Å²) in [5, 5.41) is 20.6. The van der Waals surface area contributed by atoms with Crippen LogP contribution in [0.15, 0.2) is 130 Å². The number of rotatable bonds is 4. The molecule has 0 bridgehead atoms. The van der Waals surface area contributed by atoms with Gasteiger partial charge in [-0.3, -0.25) is 0 Å². The molecule has 0 spiro atoms. The molecule has 9 aromatic rings. The second-order valence-corrected chi connectivity index (χ2v) is 11.6. The maximum atomic E-state index is 9.36. The Balaban J connectivity index is 1.25. The first-order chi connectivity index (χ1) is 24.1. The van der Waals surface area contributed by atoms with Gasteiger partial charge < -0.3 is 13.4 Å². The molecule has 0 aliphatic heterocycles. The predicted octanol–water partition coefficient (Wildman–Crippen LogP) is 10.4. The maximum Gasteiger partial charge on any atom is 0.227 e. The van der Waals surface area contributed by atoms with Gasteiger partial charge in [0.05, 0.1) is 46.4 Å². The van der Waals surface area contributed by atoms with Gasteiger partial charge in [0.1, 0.15) is 5.52 Å². The fraction of sp³-hybridized carbons (Fsp3) is 0. The Labute approximate surface area is 278 Å². The fourth-order valence-electron chi connectivity index (χ4n) is 6.36. The lowest BCUT2D eigenvalue weighted by Crippen LogP contribution is -1.94. The van der Waals surface area contributed by atoms with Gasteiger partial charge in [-0.15, -0.1) is 0 Å². The second kappa shape index (κ2) is 10.8. The Morgan fingerprint density at radius 3 is 1.80 bits per heavy atom. The van der Waals surface area contributed by atoms with Gasteiger partial charge in [-0.2, -0.15) is 10.5 Å². The fourth-order valence-corrected chi connectivity index (χ4v) is 6.36. The summed E-state index contributed by atoms with van der Waals surface area (Å²) < 4.78 is 14.5. The molecule has 0 atom stereocenters. The molecular weight excluding hydrogens is 608 g/mol. The Kier molecular flexibility index (Phi) is 6.14. The van der Waals surface area contributed by atoms with E-state index in [1.807, 2.05) is 42.5 Å². The molecule has 3 heterocycles. The lowest BCUT2D eigenvalue weighted by atomic mass is 10.0. The molecule has 0 fully saturated rings. The van der Waals surface area contributed by atoms with Crippen LogP contribution >= 0.6 is 0 Å². The maximum absolute atomic E-state index is 9.36. The molecule has 0 aliphatic rings. The third-order valence-corrected chi connectivity index (χ3v) is 8.73. The molecular formula is C41H20N6O2. The number of oxazole rings is 2. The lowest BCUT2D eigenvalue weighted by Gasteiger charge is -2.11. The van der Waals surface area contributed by atoms with Gasteiger partial charge in [-0.05, 0) is 102 Å². The van der Waals surface area contributed by atoms with E-state index in [2.05, 4.69) is 64.0 Å². The summed E-state index contributed by atoms with van der Waals surface area (Å²) in [6.07, 6.45) is 0. The zero-order valence-electron chi connectivity index (χ0n) is 25.5. The van der Waals surface area contributed by atoms with Gasteiger partial charge >= 0.3 is 0 Å². The Bertz CT molecular complexity index is 2780. The van der Waals surface area contributed by atoms with Crippen molar-refractivity contribution in [2.45, 2.75) is 0 Å². The minimum absolute atomic E-state index is 0.460. The highest BCUT2D eigenvalue weighted by atomic mass is 16.4. The van der Waals surface area contributed by atoms with Crippen molar-refractivity contribution >= 4 is 49.7 Å². The SMILES string of the molecule is [C-]#[N+]c1ccc2oc(-c3ccc4c(c3)c3cc(-c5nc6cc(C#N)ccc6o5)ccc3n4-c3cccc(-c4ccc(C#N)cc4)c3)nc2c1. The number of fused-ring (bicyclic) bond motifs is 5. The molecule has 8 heteroatoms. The molecule has 0 aliphatic carbocycles. The van der Waals surface area contributed by atoms with E-state index in [1.54, 1.807) is 36.4 Å². The van der Waals surface area contributed by atoms with Gasteiger partial charge in [0.15, 0.2) is 16.9 Å². The number of hydrogen-bond donors (Lipinski definition) is 0. The highest BCUT2D eigenvalue weighted by Gasteiger charge is 2.18. The Morgan fingerprint density at radius 2 is 1.16 bits per heavy atom. The molecule has 0 saturated carbocycles. The molecule has 6 aromatic carbocycles. The molecule has 0 amide bonds. The molecule has 8 nitrogen and oxygen atoms in total. The summed E-state index contributed by atoms with van der Waals surface area (Å²) in [4.78, 5) is 13.0. The van der Waals surface area contributed by atoms with Crippen molar-refractivity contribution in [2.75, 3.05) is 0 Å². The number of nitrogens with zero attached hydrogens (tertiary/aromatic N) is 6.